The van der Waals surface area contributed by atoms with Crippen molar-refractivity contribution in [2.45, 2.75) is 13.8 Å². The van der Waals surface area contributed by atoms with Crippen LogP contribution in [0.3, 0.4) is 0 Å². The van der Waals surface area contributed by atoms with Gasteiger partial charge in [0.05, 0.1) is 17.2 Å². The first-order valence-corrected chi connectivity index (χ1v) is 13.2. The first kappa shape index (κ1) is 25.9. The van der Waals surface area contributed by atoms with Gasteiger partial charge in [-0.1, -0.05) is 52.0 Å². The van der Waals surface area contributed by atoms with Crippen LogP contribution < -0.4 is 19.7 Å². The van der Waals surface area contributed by atoms with Crippen LogP contribution in [-0.2, 0) is 9.59 Å². The van der Waals surface area contributed by atoms with E-state index in [1.807, 2.05) is 68.4 Å². The van der Waals surface area contributed by atoms with E-state index in [1.54, 1.807) is 18.2 Å². The lowest BCUT2D eigenvalue weighted by Crippen LogP contribution is -2.27. The number of rotatable bonds is 8. The zero-order valence-corrected chi connectivity index (χ0v) is 22.8. The van der Waals surface area contributed by atoms with Crippen LogP contribution in [0.2, 0.25) is 0 Å². The summed E-state index contributed by atoms with van der Waals surface area (Å²) in [4.78, 5) is 27.5. The van der Waals surface area contributed by atoms with E-state index < -0.39 is 0 Å². The van der Waals surface area contributed by atoms with Crippen LogP contribution in [0.15, 0.2) is 76.1 Å². The number of ether oxygens (including phenoxy) is 2. The molecule has 0 aliphatic carbocycles. The van der Waals surface area contributed by atoms with Crippen molar-refractivity contribution in [3.63, 3.8) is 0 Å². The van der Waals surface area contributed by atoms with E-state index >= 15 is 0 Å². The Bertz CT molecular complexity index is 1340. The molecule has 0 bridgehead atoms. The maximum absolute atomic E-state index is 13.1. The topological polar surface area (TPSA) is 67.9 Å². The molecule has 0 unspecified atom stereocenters. The Morgan fingerprint density at radius 1 is 1.08 bits per heavy atom. The van der Waals surface area contributed by atoms with Gasteiger partial charge in [0.25, 0.3) is 11.8 Å². The number of thiocarbonyl (C=S) groups is 1. The minimum Gasteiger partial charge on any atom is -0.494 e. The van der Waals surface area contributed by atoms with E-state index in [2.05, 4.69) is 21.2 Å². The third-order valence-corrected chi connectivity index (χ3v) is 6.98. The second kappa shape index (κ2) is 11.7. The van der Waals surface area contributed by atoms with Gasteiger partial charge in [0.1, 0.15) is 11.5 Å². The molecule has 2 amide bonds. The lowest BCUT2D eigenvalue weighted by atomic mass is 10.2. The van der Waals surface area contributed by atoms with E-state index in [0.717, 1.165) is 27.0 Å². The smallest absolute Gasteiger partial charge is 0.270 e. The zero-order chi connectivity index (χ0) is 25.7. The number of anilines is 2. The Morgan fingerprint density at radius 2 is 1.86 bits per heavy atom. The molecule has 9 heteroatoms. The molecule has 0 atom stereocenters. The van der Waals surface area contributed by atoms with Crippen molar-refractivity contribution in [3.05, 3.63) is 87.2 Å². The molecule has 0 aromatic heterocycles. The molecule has 0 saturated carbocycles. The fourth-order valence-corrected chi connectivity index (χ4v) is 5.27. The van der Waals surface area contributed by atoms with Crippen LogP contribution >= 0.6 is 39.9 Å². The van der Waals surface area contributed by atoms with Gasteiger partial charge in [-0.25, -0.2) is 0 Å². The van der Waals surface area contributed by atoms with Crippen LogP contribution in [0.25, 0.3) is 6.08 Å². The summed E-state index contributed by atoms with van der Waals surface area (Å²) in [6.45, 7) is 4.27. The summed E-state index contributed by atoms with van der Waals surface area (Å²) in [6, 6.07) is 20.1. The third kappa shape index (κ3) is 6.34. The quantitative estimate of drug-likeness (QED) is 0.239. The lowest BCUT2D eigenvalue weighted by Gasteiger charge is -2.15. The number of hydrogen-bond acceptors (Lipinski definition) is 6. The van der Waals surface area contributed by atoms with E-state index in [1.165, 1.54) is 16.7 Å². The Balaban J connectivity index is 1.41. The van der Waals surface area contributed by atoms with Crippen molar-refractivity contribution in [2.75, 3.05) is 23.4 Å². The lowest BCUT2D eigenvalue weighted by molar-refractivity contribution is -0.118. The highest BCUT2D eigenvalue weighted by atomic mass is 79.9. The fourth-order valence-electron chi connectivity index (χ4n) is 3.50. The van der Waals surface area contributed by atoms with Crippen molar-refractivity contribution in [1.29, 1.82) is 0 Å². The molecule has 3 aromatic carbocycles. The van der Waals surface area contributed by atoms with Crippen molar-refractivity contribution in [1.82, 2.24) is 0 Å². The molecule has 1 heterocycles. The predicted molar refractivity (Wildman–Crippen MR) is 153 cm³/mol. The minimum absolute atomic E-state index is 0.140. The molecular formula is C27H23BrN2O4S2. The Kier molecular flexibility index (Phi) is 8.45. The predicted octanol–water partition coefficient (Wildman–Crippen LogP) is 6.58. The van der Waals surface area contributed by atoms with Gasteiger partial charge in [-0.2, -0.15) is 0 Å². The maximum Gasteiger partial charge on any atom is 0.270 e. The number of nitrogens with zero attached hydrogens (tertiary/aromatic N) is 1. The van der Waals surface area contributed by atoms with Crippen molar-refractivity contribution in [3.8, 4) is 11.5 Å². The van der Waals surface area contributed by atoms with Gasteiger partial charge in [0.2, 0.25) is 0 Å². The molecule has 6 nitrogen and oxygen atoms in total. The number of carbonyl (C=O) groups excluding carboxylic acids is 2. The number of benzene rings is 3. The summed E-state index contributed by atoms with van der Waals surface area (Å²) >= 11 is 10.1. The molecule has 4 rings (SSSR count). The second-order valence-corrected chi connectivity index (χ2v) is 10.4. The van der Waals surface area contributed by atoms with Crippen LogP contribution in [0.1, 0.15) is 18.1 Å². The average Bonchev–Trinajstić information content (AvgIpc) is 3.13. The molecule has 0 radical (unpaired) electrons. The average molecular weight is 584 g/mol. The Hall–Kier alpha value is -3.14. The van der Waals surface area contributed by atoms with Gasteiger partial charge in [-0.05, 0) is 85.6 Å². The summed E-state index contributed by atoms with van der Waals surface area (Å²) < 4.78 is 12.6. The van der Waals surface area contributed by atoms with Crippen LogP contribution in [0.4, 0.5) is 11.4 Å². The first-order chi connectivity index (χ1) is 17.3. The van der Waals surface area contributed by atoms with Crippen LogP contribution in [0.5, 0.6) is 11.5 Å². The molecule has 0 spiro atoms. The highest BCUT2D eigenvalue weighted by Crippen LogP contribution is 2.36. The Labute approximate surface area is 227 Å². The first-order valence-electron chi connectivity index (χ1n) is 11.1. The van der Waals surface area contributed by atoms with Gasteiger partial charge in [-0.15, -0.1) is 0 Å². The van der Waals surface area contributed by atoms with E-state index in [9.17, 15) is 9.59 Å². The molecule has 1 aliphatic rings. The second-order valence-electron chi connectivity index (χ2n) is 7.81. The molecule has 1 fully saturated rings. The van der Waals surface area contributed by atoms with Gasteiger partial charge in [-0.3, -0.25) is 14.5 Å². The molecule has 1 aliphatic heterocycles. The molecular weight excluding hydrogens is 560 g/mol. The summed E-state index contributed by atoms with van der Waals surface area (Å²) in [6.07, 6.45) is 1.77. The highest BCUT2D eigenvalue weighted by Gasteiger charge is 2.33. The van der Waals surface area contributed by atoms with Crippen LogP contribution in [-0.4, -0.2) is 29.3 Å². The molecule has 3 aromatic rings. The Morgan fingerprint density at radius 3 is 2.58 bits per heavy atom. The van der Waals surface area contributed by atoms with Gasteiger partial charge >= 0.3 is 0 Å². The SMILES string of the molecule is CCOc1ccc(N2C(=O)/C(=C/c3cccc(OCC(=O)Nc4ccc(Br)cc4C)c3)SC2=S)cc1. The number of carbonyl (C=O) groups is 2. The van der Waals surface area contributed by atoms with Crippen molar-refractivity contribution < 1.29 is 19.1 Å². The number of hydrogen-bond donors (Lipinski definition) is 1. The van der Waals surface area contributed by atoms with Gasteiger partial charge < -0.3 is 14.8 Å². The number of halogens is 1. The molecule has 1 saturated heterocycles. The van der Waals surface area contributed by atoms with E-state index in [4.69, 9.17) is 21.7 Å². The molecule has 36 heavy (non-hydrogen) atoms. The number of thioether (sulfide) groups is 1. The van der Waals surface area contributed by atoms with E-state index in [-0.39, 0.29) is 18.4 Å². The highest BCUT2D eigenvalue weighted by molar-refractivity contribution is 9.10. The summed E-state index contributed by atoms with van der Waals surface area (Å²) in [5, 5.41) is 2.85. The number of nitrogens with one attached hydrogen (secondary N) is 1. The van der Waals surface area contributed by atoms with Crippen LogP contribution in [0, 0.1) is 6.92 Å². The minimum atomic E-state index is -0.262. The standard InChI is InChI=1S/C27H23BrN2O4S2/c1-3-33-21-10-8-20(9-11-21)30-26(32)24(36-27(30)35)15-18-5-4-6-22(14-18)34-16-25(31)29-23-12-7-19(28)13-17(23)2/h4-15H,3,16H2,1-2H3,(H,29,31)/b24-15-. The zero-order valence-electron chi connectivity index (χ0n) is 19.6. The van der Waals surface area contributed by atoms with E-state index in [0.29, 0.717) is 27.3 Å². The number of amides is 2. The van der Waals surface area contributed by atoms with Gasteiger partial charge in [0, 0.05) is 10.2 Å². The summed E-state index contributed by atoms with van der Waals surface area (Å²) in [7, 11) is 0. The summed E-state index contributed by atoms with van der Waals surface area (Å²) in [5.74, 6) is 0.805. The van der Waals surface area contributed by atoms with Gasteiger partial charge in [0.15, 0.2) is 10.9 Å². The largest absolute Gasteiger partial charge is 0.494 e. The summed E-state index contributed by atoms with van der Waals surface area (Å²) in [5.41, 5.74) is 3.13. The molecule has 1 N–H and O–H groups in total. The normalized spacial score (nSPS) is 14.3. The van der Waals surface area contributed by atoms with Crippen molar-refractivity contribution >= 4 is 73.5 Å². The third-order valence-electron chi connectivity index (χ3n) is 5.19. The van der Waals surface area contributed by atoms with Crippen molar-refractivity contribution in [2.24, 2.45) is 0 Å². The molecule has 184 valence electrons. The number of aryl methyl sites for hydroxylation is 1. The fraction of sp³-hybridized carbons (Fsp3) is 0.148. The maximum atomic E-state index is 13.1. The monoisotopic (exact) mass is 582 g/mol.